The Morgan fingerprint density at radius 3 is 2.48 bits per heavy atom. The van der Waals surface area contributed by atoms with Gasteiger partial charge in [-0.3, -0.25) is 4.68 Å². The fourth-order valence-electron chi connectivity index (χ4n) is 2.57. The fraction of sp³-hybridized carbons (Fsp3) is 0.800. The molecule has 0 aliphatic rings. The minimum Gasteiger partial charge on any atom is -0.384 e. The van der Waals surface area contributed by atoms with Crippen LogP contribution in [0.5, 0.6) is 0 Å². The quantitative estimate of drug-likeness (QED) is 0.734. The normalized spacial score (nSPS) is 13.9. The van der Waals surface area contributed by atoms with Crippen LogP contribution in [-0.4, -0.2) is 52.6 Å². The van der Waals surface area contributed by atoms with Crippen LogP contribution in [0.4, 0.5) is 0 Å². The Bertz CT molecular complexity index is 431. The molecule has 0 aromatic carbocycles. The summed E-state index contributed by atoms with van der Waals surface area (Å²) in [5, 5.41) is 15.3. The SMILES string of the molecule is CCOC(CC)(CC)C(O)c1c(Br)cnn1CCN(C)C. The molecule has 0 aliphatic heterocycles. The van der Waals surface area contributed by atoms with Crippen molar-refractivity contribution in [2.75, 3.05) is 27.2 Å². The summed E-state index contributed by atoms with van der Waals surface area (Å²) < 4.78 is 8.63. The third kappa shape index (κ3) is 4.28. The van der Waals surface area contributed by atoms with E-state index < -0.39 is 11.7 Å². The zero-order valence-electron chi connectivity index (χ0n) is 13.8. The molecular formula is C15H28BrN3O2. The molecule has 0 saturated heterocycles. The van der Waals surface area contributed by atoms with Gasteiger partial charge in [0.2, 0.25) is 0 Å². The summed E-state index contributed by atoms with van der Waals surface area (Å²) >= 11 is 3.51. The van der Waals surface area contributed by atoms with Gasteiger partial charge in [-0.2, -0.15) is 5.10 Å². The zero-order valence-corrected chi connectivity index (χ0v) is 15.4. The van der Waals surface area contributed by atoms with Gasteiger partial charge in [0.05, 0.1) is 28.5 Å². The second kappa shape index (κ2) is 8.27. The van der Waals surface area contributed by atoms with Crippen molar-refractivity contribution >= 4 is 15.9 Å². The maximum Gasteiger partial charge on any atom is 0.126 e. The maximum absolute atomic E-state index is 10.9. The summed E-state index contributed by atoms with van der Waals surface area (Å²) in [6, 6.07) is 0. The number of hydrogen-bond donors (Lipinski definition) is 1. The lowest BCUT2D eigenvalue weighted by Crippen LogP contribution is -2.40. The number of nitrogens with zero attached hydrogens (tertiary/aromatic N) is 3. The molecule has 5 nitrogen and oxygen atoms in total. The molecular weight excluding hydrogens is 334 g/mol. The first-order valence-corrected chi connectivity index (χ1v) is 8.39. The topological polar surface area (TPSA) is 50.5 Å². The number of hydrogen-bond acceptors (Lipinski definition) is 4. The van der Waals surface area contributed by atoms with Crippen molar-refractivity contribution in [2.24, 2.45) is 0 Å². The van der Waals surface area contributed by atoms with Crippen molar-refractivity contribution in [3.8, 4) is 0 Å². The molecule has 1 aromatic rings. The van der Waals surface area contributed by atoms with Crippen LogP contribution in [0.15, 0.2) is 10.7 Å². The van der Waals surface area contributed by atoms with Crippen molar-refractivity contribution in [2.45, 2.75) is 51.9 Å². The van der Waals surface area contributed by atoms with Crippen molar-refractivity contribution < 1.29 is 9.84 Å². The first-order chi connectivity index (χ1) is 9.91. The summed E-state index contributed by atoms with van der Waals surface area (Å²) in [4.78, 5) is 2.10. The predicted molar refractivity (Wildman–Crippen MR) is 88.4 cm³/mol. The summed E-state index contributed by atoms with van der Waals surface area (Å²) in [6.07, 6.45) is 2.55. The van der Waals surface area contributed by atoms with E-state index in [1.807, 2.05) is 25.7 Å². The van der Waals surface area contributed by atoms with E-state index >= 15 is 0 Å². The van der Waals surface area contributed by atoms with E-state index in [2.05, 4.69) is 39.8 Å². The van der Waals surface area contributed by atoms with Crippen molar-refractivity contribution in [3.63, 3.8) is 0 Å². The summed E-state index contributed by atoms with van der Waals surface area (Å²) in [6.45, 7) is 8.26. The van der Waals surface area contributed by atoms with Crippen molar-refractivity contribution in [1.82, 2.24) is 14.7 Å². The molecule has 0 saturated carbocycles. The van der Waals surface area contributed by atoms with Gasteiger partial charge in [-0.1, -0.05) is 13.8 Å². The Balaban J connectivity index is 3.09. The average molecular weight is 362 g/mol. The van der Waals surface area contributed by atoms with E-state index in [-0.39, 0.29) is 0 Å². The maximum atomic E-state index is 10.9. The van der Waals surface area contributed by atoms with Gasteiger partial charge in [-0.15, -0.1) is 0 Å². The molecule has 0 fully saturated rings. The highest BCUT2D eigenvalue weighted by molar-refractivity contribution is 9.10. The lowest BCUT2D eigenvalue weighted by atomic mass is 9.88. The van der Waals surface area contributed by atoms with Crippen LogP contribution < -0.4 is 0 Å². The van der Waals surface area contributed by atoms with E-state index in [1.165, 1.54) is 0 Å². The number of aliphatic hydroxyl groups excluding tert-OH is 1. The molecule has 1 N–H and O–H groups in total. The third-order valence-corrected chi connectivity index (χ3v) is 4.59. The van der Waals surface area contributed by atoms with Gasteiger partial charge in [0.15, 0.2) is 0 Å². The van der Waals surface area contributed by atoms with E-state index in [1.54, 1.807) is 6.20 Å². The monoisotopic (exact) mass is 361 g/mol. The number of ether oxygens (including phenoxy) is 1. The molecule has 0 aliphatic carbocycles. The first kappa shape index (κ1) is 18.6. The van der Waals surface area contributed by atoms with Crippen molar-refractivity contribution in [1.29, 1.82) is 0 Å². The zero-order chi connectivity index (χ0) is 16.0. The highest BCUT2D eigenvalue weighted by Gasteiger charge is 2.39. The van der Waals surface area contributed by atoms with Gasteiger partial charge in [0.1, 0.15) is 6.10 Å². The average Bonchev–Trinajstić information content (AvgIpc) is 2.83. The molecule has 1 heterocycles. The molecule has 0 radical (unpaired) electrons. The van der Waals surface area contributed by atoms with Crippen LogP contribution in [-0.2, 0) is 11.3 Å². The Morgan fingerprint density at radius 2 is 2.00 bits per heavy atom. The van der Waals surface area contributed by atoms with Gasteiger partial charge < -0.3 is 14.7 Å². The molecule has 6 heteroatoms. The van der Waals surface area contributed by atoms with Gasteiger partial charge >= 0.3 is 0 Å². The molecule has 1 aromatic heterocycles. The largest absolute Gasteiger partial charge is 0.384 e. The molecule has 1 unspecified atom stereocenters. The van der Waals surface area contributed by atoms with Crippen LogP contribution in [0.1, 0.15) is 45.4 Å². The van der Waals surface area contributed by atoms with E-state index in [4.69, 9.17) is 4.74 Å². The Labute approximate surface area is 136 Å². The molecule has 0 amide bonds. The fourth-order valence-corrected chi connectivity index (χ4v) is 3.09. The second-order valence-electron chi connectivity index (χ2n) is 5.51. The predicted octanol–water partition coefficient (Wildman–Crippen LogP) is 2.84. The number of halogens is 1. The molecule has 0 bridgehead atoms. The highest BCUT2D eigenvalue weighted by Crippen LogP contribution is 2.38. The summed E-state index contributed by atoms with van der Waals surface area (Å²) in [5.74, 6) is 0. The van der Waals surface area contributed by atoms with Gasteiger partial charge in [0, 0.05) is 13.2 Å². The van der Waals surface area contributed by atoms with Crippen molar-refractivity contribution in [3.05, 3.63) is 16.4 Å². The number of rotatable bonds is 9. The minimum absolute atomic E-state index is 0.562. The lowest BCUT2D eigenvalue weighted by Gasteiger charge is -2.36. The minimum atomic E-state index is -0.702. The van der Waals surface area contributed by atoms with Crippen LogP contribution in [0.3, 0.4) is 0 Å². The molecule has 1 atom stereocenters. The molecule has 21 heavy (non-hydrogen) atoms. The number of aliphatic hydroxyl groups is 1. The summed E-state index contributed by atoms with van der Waals surface area (Å²) in [5.41, 5.74) is 0.238. The van der Waals surface area contributed by atoms with Gasteiger partial charge in [-0.05, 0) is 49.8 Å². The number of aromatic nitrogens is 2. The van der Waals surface area contributed by atoms with E-state index in [9.17, 15) is 5.11 Å². The smallest absolute Gasteiger partial charge is 0.126 e. The first-order valence-electron chi connectivity index (χ1n) is 7.59. The Hall–Kier alpha value is -0.430. The molecule has 1 rings (SSSR count). The van der Waals surface area contributed by atoms with E-state index in [0.717, 1.165) is 36.1 Å². The molecule has 0 spiro atoms. The standard InChI is InChI=1S/C15H28BrN3O2/c1-6-15(7-2,21-8-3)14(20)13-12(16)11-17-19(13)10-9-18(4)5/h11,14,20H,6-10H2,1-5H3. The van der Waals surface area contributed by atoms with Crippen LogP contribution in [0.2, 0.25) is 0 Å². The molecule has 122 valence electrons. The van der Waals surface area contributed by atoms with Gasteiger partial charge in [-0.25, -0.2) is 0 Å². The highest BCUT2D eigenvalue weighted by atomic mass is 79.9. The van der Waals surface area contributed by atoms with Gasteiger partial charge in [0.25, 0.3) is 0 Å². The van der Waals surface area contributed by atoms with Crippen LogP contribution in [0, 0.1) is 0 Å². The van der Waals surface area contributed by atoms with E-state index in [0.29, 0.717) is 6.61 Å². The Morgan fingerprint density at radius 1 is 1.38 bits per heavy atom. The third-order valence-electron chi connectivity index (χ3n) is 3.98. The summed E-state index contributed by atoms with van der Waals surface area (Å²) in [7, 11) is 4.05. The lowest BCUT2D eigenvalue weighted by molar-refractivity contribution is -0.130. The Kier molecular flexibility index (Phi) is 7.33. The number of likely N-dealkylation sites (N-methyl/N-ethyl adjacent to an activating group) is 1. The second-order valence-corrected chi connectivity index (χ2v) is 6.37. The van der Waals surface area contributed by atoms with Crippen LogP contribution >= 0.6 is 15.9 Å². The van der Waals surface area contributed by atoms with Crippen LogP contribution in [0.25, 0.3) is 0 Å².